The lowest BCUT2D eigenvalue weighted by atomic mass is 9.85. The van der Waals surface area contributed by atoms with E-state index >= 15 is 0 Å². The zero-order valence-corrected chi connectivity index (χ0v) is 12.8. The summed E-state index contributed by atoms with van der Waals surface area (Å²) in [4.78, 5) is 37.6. The van der Waals surface area contributed by atoms with Crippen molar-refractivity contribution in [2.45, 2.75) is 13.3 Å². The number of fused-ring (bicyclic) bond motifs is 5. The van der Waals surface area contributed by atoms with Crippen LogP contribution in [0.1, 0.15) is 13.3 Å². The Morgan fingerprint density at radius 2 is 1.65 bits per heavy atom. The van der Waals surface area contributed by atoms with E-state index in [0.29, 0.717) is 11.4 Å². The maximum atomic E-state index is 12.7. The van der Waals surface area contributed by atoms with Gasteiger partial charge in [-0.3, -0.25) is 19.3 Å². The molecule has 4 rings (SSSR count). The molecule has 1 aliphatic heterocycles. The molecular formula is C18H17NO4. The number of carbonyl (C=O) groups is 3. The maximum Gasteiger partial charge on any atom is 0.238 e. The summed E-state index contributed by atoms with van der Waals surface area (Å²) in [5.74, 6) is 0.356. The van der Waals surface area contributed by atoms with Crippen molar-refractivity contribution in [2.75, 3.05) is 11.5 Å². The Balaban J connectivity index is 1.56. The molecule has 1 heterocycles. The molecule has 0 aromatic heterocycles. The van der Waals surface area contributed by atoms with Crippen molar-refractivity contribution in [3.63, 3.8) is 0 Å². The molecule has 5 heteroatoms. The summed E-state index contributed by atoms with van der Waals surface area (Å²) in [7, 11) is 0. The van der Waals surface area contributed by atoms with Crippen molar-refractivity contribution in [1.29, 1.82) is 0 Å². The van der Waals surface area contributed by atoms with E-state index in [1.165, 1.54) is 11.8 Å². The van der Waals surface area contributed by atoms with E-state index in [1.54, 1.807) is 24.3 Å². The van der Waals surface area contributed by atoms with Gasteiger partial charge in [-0.25, -0.2) is 0 Å². The Labute approximate surface area is 133 Å². The lowest BCUT2D eigenvalue weighted by molar-refractivity contribution is -0.123. The molecule has 3 aliphatic rings. The smallest absolute Gasteiger partial charge is 0.238 e. The van der Waals surface area contributed by atoms with Gasteiger partial charge in [0.1, 0.15) is 12.4 Å². The van der Waals surface area contributed by atoms with Crippen LogP contribution in [0.3, 0.4) is 0 Å². The SMILES string of the molecule is CC(=O)COc1ccc(N2C(=O)C3C4C=CC(C4)C3C2=O)cc1. The quantitative estimate of drug-likeness (QED) is 0.630. The van der Waals surface area contributed by atoms with Crippen LogP contribution in [-0.4, -0.2) is 24.2 Å². The Morgan fingerprint density at radius 3 is 2.17 bits per heavy atom. The molecule has 0 N–H and O–H groups in total. The van der Waals surface area contributed by atoms with Crippen LogP contribution >= 0.6 is 0 Å². The summed E-state index contributed by atoms with van der Waals surface area (Å²) >= 11 is 0. The second-order valence-corrected chi connectivity index (χ2v) is 6.50. The van der Waals surface area contributed by atoms with Gasteiger partial charge in [0.2, 0.25) is 11.8 Å². The number of rotatable bonds is 4. The molecule has 4 atom stereocenters. The molecule has 1 aromatic rings. The van der Waals surface area contributed by atoms with E-state index in [2.05, 4.69) is 12.2 Å². The van der Waals surface area contributed by atoms with Crippen LogP contribution in [0.25, 0.3) is 0 Å². The molecule has 23 heavy (non-hydrogen) atoms. The van der Waals surface area contributed by atoms with E-state index in [-0.39, 0.29) is 47.9 Å². The minimum absolute atomic E-state index is 0.0140. The predicted molar refractivity (Wildman–Crippen MR) is 82.8 cm³/mol. The number of allylic oxidation sites excluding steroid dienone is 2. The molecule has 2 fully saturated rings. The number of hydrogen-bond acceptors (Lipinski definition) is 4. The number of Topliss-reactive ketones (excluding diaryl/α,β-unsaturated/α-hetero) is 1. The third kappa shape index (κ3) is 2.11. The average molecular weight is 311 g/mol. The summed E-state index contributed by atoms with van der Waals surface area (Å²) < 4.78 is 5.31. The highest BCUT2D eigenvalue weighted by Gasteiger charge is 2.59. The first-order valence-electron chi connectivity index (χ1n) is 7.84. The Kier molecular flexibility index (Phi) is 3.11. The summed E-state index contributed by atoms with van der Waals surface area (Å²) in [6.07, 6.45) is 5.09. The zero-order valence-electron chi connectivity index (χ0n) is 12.8. The van der Waals surface area contributed by atoms with Gasteiger partial charge in [-0.05, 0) is 49.4 Å². The number of hydrogen-bond donors (Lipinski definition) is 0. The lowest BCUT2D eigenvalue weighted by Gasteiger charge is -2.17. The van der Waals surface area contributed by atoms with Crippen LogP contribution in [0, 0.1) is 23.7 Å². The van der Waals surface area contributed by atoms with Gasteiger partial charge in [0.05, 0.1) is 17.5 Å². The van der Waals surface area contributed by atoms with Crippen LogP contribution in [0.2, 0.25) is 0 Å². The molecule has 4 unspecified atom stereocenters. The van der Waals surface area contributed by atoms with E-state index < -0.39 is 0 Å². The molecule has 1 aromatic carbocycles. The number of ether oxygens (including phenoxy) is 1. The van der Waals surface area contributed by atoms with E-state index in [4.69, 9.17) is 4.74 Å². The molecule has 1 saturated heterocycles. The first-order chi connectivity index (χ1) is 11.1. The predicted octanol–water partition coefficient (Wildman–Crippen LogP) is 1.97. The van der Waals surface area contributed by atoms with Crippen LogP contribution < -0.4 is 9.64 Å². The Hall–Kier alpha value is -2.43. The molecule has 2 bridgehead atoms. The van der Waals surface area contributed by atoms with Crippen LogP contribution in [-0.2, 0) is 14.4 Å². The van der Waals surface area contributed by atoms with Crippen molar-refractivity contribution in [2.24, 2.45) is 23.7 Å². The third-order valence-corrected chi connectivity index (χ3v) is 5.01. The van der Waals surface area contributed by atoms with Gasteiger partial charge in [-0.2, -0.15) is 0 Å². The molecule has 1 saturated carbocycles. The molecule has 2 aliphatic carbocycles. The highest BCUT2D eigenvalue weighted by atomic mass is 16.5. The normalized spacial score (nSPS) is 30.9. The second-order valence-electron chi connectivity index (χ2n) is 6.50. The van der Waals surface area contributed by atoms with Crippen molar-refractivity contribution in [1.82, 2.24) is 0 Å². The summed E-state index contributed by atoms with van der Waals surface area (Å²) in [6.45, 7) is 1.47. The van der Waals surface area contributed by atoms with Gasteiger partial charge in [0.25, 0.3) is 0 Å². The van der Waals surface area contributed by atoms with E-state index in [0.717, 1.165) is 6.42 Å². The number of anilines is 1. The van der Waals surface area contributed by atoms with E-state index in [1.807, 2.05) is 0 Å². The Morgan fingerprint density at radius 1 is 1.09 bits per heavy atom. The monoisotopic (exact) mass is 311 g/mol. The number of nitrogens with zero attached hydrogens (tertiary/aromatic N) is 1. The number of carbonyl (C=O) groups excluding carboxylic acids is 3. The van der Waals surface area contributed by atoms with Crippen molar-refractivity contribution >= 4 is 23.3 Å². The van der Waals surface area contributed by atoms with Crippen LogP contribution in [0.5, 0.6) is 5.75 Å². The van der Waals surface area contributed by atoms with Crippen LogP contribution in [0.4, 0.5) is 5.69 Å². The van der Waals surface area contributed by atoms with Gasteiger partial charge in [-0.1, -0.05) is 12.2 Å². The largest absolute Gasteiger partial charge is 0.486 e. The molecule has 2 amide bonds. The van der Waals surface area contributed by atoms with Crippen molar-refractivity contribution in [3.8, 4) is 5.75 Å². The molecule has 118 valence electrons. The summed E-state index contributed by atoms with van der Waals surface area (Å²) in [5.41, 5.74) is 0.573. The summed E-state index contributed by atoms with van der Waals surface area (Å²) in [5, 5.41) is 0. The van der Waals surface area contributed by atoms with Gasteiger partial charge in [-0.15, -0.1) is 0 Å². The van der Waals surface area contributed by atoms with Gasteiger partial charge < -0.3 is 4.74 Å². The summed E-state index contributed by atoms with van der Waals surface area (Å²) in [6, 6.07) is 6.75. The minimum Gasteiger partial charge on any atom is -0.486 e. The fraction of sp³-hybridized carbons (Fsp3) is 0.389. The number of imide groups is 1. The fourth-order valence-electron chi connectivity index (χ4n) is 4.03. The standard InChI is InChI=1S/C18H17NO4/c1-10(20)9-23-14-6-4-13(5-7-14)19-17(21)15-11-2-3-12(8-11)16(15)18(19)22/h2-7,11-12,15-16H,8-9H2,1H3. The lowest BCUT2D eigenvalue weighted by Crippen LogP contribution is -2.32. The number of ketones is 1. The zero-order chi connectivity index (χ0) is 16.1. The first kappa shape index (κ1) is 14.2. The minimum atomic E-state index is -0.189. The van der Waals surface area contributed by atoms with Crippen molar-refractivity contribution in [3.05, 3.63) is 36.4 Å². The molecule has 5 nitrogen and oxygen atoms in total. The maximum absolute atomic E-state index is 12.7. The molecule has 0 spiro atoms. The second kappa shape index (κ2) is 5.05. The van der Waals surface area contributed by atoms with E-state index in [9.17, 15) is 14.4 Å². The molecular weight excluding hydrogens is 294 g/mol. The fourth-order valence-corrected chi connectivity index (χ4v) is 4.03. The Bertz CT molecular complexity index is 691. The van der Waals surface area contributed by atoms with Crippen molar-refractivity contribution < 1.29 is 19.1 Å². The topological polar surface area (TPSA) is 63.7 Å². The molecule has 0 radical (unpaired) electrons. The van der Waals surface area contributed by atoms with Gasteiger partial charge in [0, 0.05) is 0 Å². The number of benzene rings is 1. The van der Waals surface area contributed by atoms with Crippen LogP contribution in [0.15, 0.2) is 36.4 Å². The van der Waals surface area contributed by atoms with Gasteiger partial charge in [0.15, 0.2) is 5.78 Å². The first-order valence-corrected chi connectivity index (χ1v) is 7.84. The highest BCUT2D eigenvalue weighted by molar-refractivity contribution is 6.22. The van der Waals surface area contributed by atoms with Gasteiger partial charge >= 0.3 is 0 Å². The third-order valence-electron chi connectivity index (χ3n) is 5.01. The average Bonchev–Trinajstić information content (AvgIpc) is 3.20. The highest BCUT2D eigenvalue weighted by Crippen LogP contribution is 2.53. The number of amides is 2.